The van der Waals surface area contributed by atoms with Crippen molar-refractivity contribution in [3.63, 3.8) is 0 Å². The summed E-state index contributed by atoms with van der Waals surface area (Å²) in [6, 6.07) is 0.763. The molecule has 0 bridgehead atoms. The molecule has 0 aromatic heterocycles. The van der Waals surface area contributed by atoms with E-state index in [4.69, 9.17) is 0 Å². The molecular formula is C14H26N2. The van der Waals surface area contributed by atoms with Crippen molar-refractivity contribution < 1.29 is 0 Å². The fourth-order valence-electron chi connectivity index (χ4n) is 2.73. The minimum Gasteiger partial charge on any atom is -0.315 e. The van der Waals surface area contributed by atoms with Gasteiger partial charge in [-0.1, -0.05) is 12.2 Å². The van der Waals surface area contributed by atoms with Crippen molar-refractivity contribution in [2.24, 2.45) is 11.8 Å². The molecule has 2 heteroatoms. The van der Waals surface area contributed by atoms with Crippen LogP contribution in [0.4, 0.5) is 0 Å². The quantitative estimate of drug-likeness (QED) is 0.694. The monoisotopic (exact) mass is 222 g/mol. The van der Waals surface area contributed by atoms with Crippen LogP contribution in [0.15, 0.2) is 12.2 Å². The molecule has 2 unspecified atom stereocenters. The summed E-state index contributed by atoms with van der Waals surface area (Å²) in [5, 5.41) is 3.68. The molecule has 2 nitrogen and oxygen atoms in total. The van der Waals surface area contributed by atoms with E-state index < -0.39 is 0 Å². The van der Waals surface area contributed by atoms with E-state index >= 15 is 0 Å². The molecule has 0 saturated heterocycles. The van der Waals surface area contributed by atoms with E-state index in [0.29, 0.717) is 0 Å². The zero-order chi connectivity index (χ0) is 11.4. The van der Waals surface area contributed by atoms with Crippen LogP contribution < -0.4 is 5.32 Å². The summed E-state index contributed by atoms with van der Waals surface area (Å²) in [6.07, 6.45) is 11.5. The van der Waals surface area contributed by atoms with Crippen molar-refractivity contribution in [3.8, 4) is 0 Å². The molecule has 0 aromatic rings. The highest BCUT2D eigenvalue weighted by molar-refractivity contribution is 4.91. The predicted octanol–water partition coefficient (Wildman–Crippen LogP) is 2.27. The van der Waals surface area contributed by atoms with E-state index in [0.717, 1.165) is 17.9 Å². The molecule has 92 valence electrons. The molecule has 16 heavy (non-hydrogen) atoms. The maximum atomic E-state index is 3.68. The van der Waals surface area contributed by atoms with Gasteiger partial charge in [0.05, 0.1) is 0 Å². The van der Waals surface area contributed by atoms with Gasteiger partial charge in [0.25, 0.3) is 0 Å². The number of likely N-dealkylation sites (N-methyl/N-ethyl adjacent to an activating group) is 1. The second kappa shape index (κ2) is 5.83. The Balaban J connectivity index is 1.63. The van der Waals surface area contributed by atoms with E-state index in [1.54, 1.807) is 0 Å². The predicted molar refractivity (Wildman–Crippen MR) is 69.5 cm³/mol. The van der Waals surface area contributed by atoms with Gasteiger partial charge in [-0.25, -0.2) is 0 Å². The van der Waals surface area contributed by atoms with Crippen LogP contribution in [0.1, 0.15) is 32.1 Å². The third-order valence-corrected chi connectivity index (χ3v) is 3.99. The zero-order valence-corrected chi connectivity index (χ0v) is 10.8. The molecule has 0 aromatic carbocycles. The van der Waals surface area contributed by atoms with Gasteiger partial charge in [0.2, 0.25) is 0 Å². The molecule has 0 heterocycles. The first kappa shape index (κ1) is 12.1. The van der Waals surface area contributed by atoms with Crippen LogP contribution in [0.2, 0.25) is 0 Å². The molecule has 1 fully saturated rings. The average Bonchev–Trinajstić information content (AvgIpc) is 3.09. The lowest BCUT2D eigenvalue weighted by Gasteiger charge is -2.26. The summed E-state index contributed by atoms with van der Waals surface area (Å²) in [5.74, 6) is 1.85. The van der Waals surface area contributed by atoms with Crippen molar-refractivity contribution in [2.75, 3.05) is 27.2 Å². The maximum Gasteiger partial charge on any atom is 0.0242 e. The van der Waals surface area contributed by atoms with Crippen molar-refractivity contribution >= 4 is 0 Å². The SMILES string of the molecule is CN(C)C(CNCC1CC=CCC1)C1CC1. The second-order valence-electron chi connectivity index (χ2n) is 5.68. The van der Waals surface area contributed by atoms with Gasteiger partial charge in [-0.2, -0.15) is 0 Å². The Morgan fingerprint density at radius 1 is 1.25 bits per heavy atom. The number of hydrogen-bond acceptors (Lipinski definition) is 2. The smallest absolute Gasteiger partial charge is 0.0242 e. The first-order chi connectivity index (χ1) is 7.77. The Labute approximate surface area is 100 Å². The van der Waals surface area contributed by atoms with Gasteiger partial charge in [0.15, 0.2) is 0 Å². The molecule has 0 amide bonds. The highest BCUT2D eigenvalue weighted by Gasteiger charge is 2.32. The maximum absolute atomic E-state index is 3.68. The number of allylic oxidation sites excluding steroid dienone is 2. The highest BCUT2D eigenvalue weighted by atomic mass is 15.1. The third-order valence-electron chi connectivity index (χ3n) is 3.99. The van der Waals surface area contributed by atoms with Crippen molar-refractivity contribution in [1.82, 2.24) is 10.2 Å². The van der Waals surface area contributed by atoms with Crippen molar-refractivity contribution in [2.45, 2.75) is 38.1 Å². The molecule has 2 aliphatic rings. The minimum absolute atomic E-state index is 0.763. The fraction of sp³-hybridized carbons (Fsp3) is 0.857. The van der Waals surface area contributed by atoms with E-state index in [9.17, 15) is 0 Å². The first-order valence-corrected chi connectivity index (χ1v) is 6.79. The molecule has 2 aliphatic carbocycles. The summed E-state index contributed by atoms with van der Waals surface area (Å²) in [5.41, 5.74) is 0. The van der Waals surface area contributed by atoms with Crippen molar-refractivity contribution in [1.29, 1.82) is 0 Å². The number of nitrogens with one attached hydrogen (secondary N) is 1. The number of nitrogens with zero attached hydrogens (tertiary/aromatic N) is 1. The summed E-state index contributed by atoms with van der Waals surface area (Å²) in [6.45, 7) is 2.39. The van der Waals surface area contributed by atoms with Crippen LogP contribution >= 0.6 is 0 Å². The van der Waals surface area contributed by atoms with Gasteiger partial charge >= 0.3 is 0 Å². The van der Waals surface area contributed by atoms with Gasteiger partial charge in [-0.05, 0) is 64.6 Å². The fourth-order valence-corrected chi connectivity index (χ4v) is 2.73. The highest BCUT2D eigenvalue weighted by Crippen LogP contribution is 2.34. The summed E-state index contributed by atoms with van der Waals surface area (Å²) in [7, 11) is 4.43. The summed E-state index contributed by atoms with van der Waals surface area (Å²) in [4.78, 5) is 2.39. The molecule has 0 spiro atoms. The molecule has 0 radical (unpaired) electrons. The van der Waals surface area contributed by atoms with E-state index in [2.05, 4.69) is 36.5 Å². The molecule has 2 rings (SSSR count). The first-order valence-electron chi connectivity index (χ1n) is 6.79. The number of hydrogen-bond donors (Lipinski definition) is 1. The molecule has 0 aliphatic heterocycles. The van der Waals surface area contributed by atoms with E-state index in [-0.39, 0.29) is 0 Å². The van der Waals surface area contributed by atoms with Crippen LogP contribution in [-0.4, -0.2) is 38.1 Å². The summed E-state index contributed by atoms with van der Waals surface area (Å²) < 4.78 is 0. The average molecular weight is 222 g/mol. The Bertz CT molecular complexity index is 229. The van der Waals surface area contributed by atoms with Crippen LogP contribution in [-0.2, 0) is 0 Å². The largest absolute Gasteiger partial charge is 0.315 e. The van der Waals surface area contributed by atoms with Crippen molar-refractivity contribution in [3.05, 3.63) is 12.2 Å². The molecule has 1 N–H and O–H groups in total. The lowest BCUT2D eigenvalue weighted by molar-refractivity contribution is 0.251. The Hall–Kier alpha value is -0.340. The van der Waals surface area contributed by atoms with Gasteiger partial charge in [0, 0.05) is 12.6 Å². The number of rotatable bonds is 6. The topological polar surface area (TPSA) is 15.3 Å². The van der Waals surface area contributed by atoms with E-state index in [1.165, 1.54) is 45.2 Å². The van der Waals surface area contributed by atoms with Crippen LogP contribution in [0.5, 0.6) is 0 Å². The lowest BCUT2D eigenvalue weighted by Crippen LogP contribution is -2.41. The molecule has 1 saturated carbocycles. The standard InChI is InChI=1S/C14H26N2/c1-16(2)14(13-8-9-13)11-15-10-12-6-4-3-5-7-12/h3-4,12-15H,5-11H2,1-2H3. The van der Waals surface area contributed by atoms with Crippen LogP contribution in [0.3, 0.4) is 0 Å². The van der Waals surface area contributed by atoms with Crippen LogP contribution in [0, 0.1) is 11.8 Å². The minimum atomic E-state index is 0.763. The lowest BCUT2D eigenvalue weighted by atomic mass is 9.94. The molecule has 2 atom stereocenters. The summed E-state index contributed by atoms with van der Waals surface area (Å²) >= 11 is 0. The van der Waals surface area contributed by atoms with Gasteiger partial charge < -0.3 is 10.2 Å². The van der Waals surface area contributed by atoms with E-state index in [1.807, 2.05) is 0 Å². The van der Waals surface area contributed by atoms with Gasteiger partial charge in [-0.15, -0.1) is 0 Å². The Morgan fingerprint density at radius 3 is 2.62 bits per heavy atom. The van der Waals surface area contributed by atoms with Crippen LogP contribution in [0.25, 0.3) is 0 Å². The Morgan fingerprint density at radius 2 is 2.06 bits per heavy atom. The van der Waals surface area contributed by atoms with Gasteiger partial charge in [-0.3, -0.25) is 0 Å². The second-order valence-corrected chi connectivity index (χ2v) is 5.68. The van der Waals surface area contributed by atoms with Gasteiger partial charge in [0.1, 0.15) is 0 Å². The Kier molecular flexibility index (Phi) is 4.42. The zero-order valence-electron chi connectivity index (χ0n) is 10.8. The normalized spacial score (nSPS) is 27.3. The molecular weight excluding hydrogens is 196 g/mol. The third kappa shape index (κ3) is 3.60.